The van der Waals surface area contributed by atoms with E-state index in [1.54, 1.807) is 6.20 Å². The standard InChI is InChI=1S/C17H24N4O3/c22-14(23)13-10-16(11-18-13)4-8-20(9-5-16)15(24)17(2-3-17)12-21-7-1-6-19-21/h1,6-7,13,18H,2-5,8-12H2,(H,22,23)/t13-/m1/s1. The van der Waals surface area contributed by atoms with Crippen molar-refractivity contribution in [2.45, 2.75) is 44.7 Å². The molecule has 24 heavy (non-hydrogen) atoms. The Hall–Kier alpha value is -1.89. The van der Waals surface area contributed by atoms with Crippen molar-refractivity contribution in [1.29, 1.82) is 0 Å². The highest BCUT2D eigenvalue weighted by atomic mass is 16.4. The predicted octanol–water partition coefficient (Wildman–Crippen LogP) is 0.719. The van der Waals surface area contributed by atoms with Crippen LogP contribution in [-0.2, 0) is 16.1 Å². The number of hydrogen-bond acceptors (Lipinski definition) is 4. The Morgan fingerprint density at radius 1 is 1.25 bits per heavy atom. The van der Waals surface area contributed by atoms with Crippen LogP contribution in [0, 0.1) is 10.8 Å². The molecule has 0 aromatic carbocycles. The average molecular weight is 332 g/mol. The highest BCUT2D eigenvalue weighted by molar-refractivity contribution is 5.85. The third-order valence-electron chi connectivity index (χ3n) is 6.10. The summed E-state index contributed by atoms with van der Waals surface area (Å²) in [7, 11) is 0. The fourth-order valence-electron chi connectivity index (χ4n) is 4.29. The van der Waals surface area contributed by atoms with Crippen molar-refractivity contribution in [3.05, 3.63) is 18.5 Å². The van der Waals surface area contributed by atoms with Crippen LogP contribution >= 0.6 is 0 Å². The van der Waals surface area contributed by atoms with Gasteiger partial charge >= 0.3 is 5.97 Å². The van der Waals surface area contributed by atoms with Crippen LogP contribution in [0.15, 0.2) is 18.5 Å². The van der Waals surface area contributed by atoms with Gasteiger partial charge in [0.15, 0.2) is 0 Å². The second kappa shape index (κ2) is 5.58. The number of aliphatic carboxylic acids is 1. The first-order valence-corrected chi connectivity index (χ1v) is 8.75. The SMILES string of the molecule is O=C(O)[C@H]1CC2(CCN(C(=O)C3(Cn4cccn4)CC3)CC2)CN1. The molecule has 2 aliphatic heterocycles. The minimum Gasteiger partial charge on any atom is -0.480 e. The Balaban J connectivity index is 1.36. The molecular formula is C17H24N4O3. The number of carboxylic acids is 1. The highest BCUT2D eigenvalue weighted by Crippen LogP contribution is 2.50. The van der Waals surface area contributed by atoms with Crippen molar-refractivity contribution in [3.8, 4) is 0 Å². The third kappa shape index (κ3) is 2.70. The summed E-state index contributed by atoms with van der Waals surface area (Å²) < 4.78 is 1.86. The van der Waals surface area contributed by atoms with Gasteiger partial charge < -0.3 is 15.3 Å². The summed E-state index contributed by atoms with van der Waals surface area (Å²) in [6.07, 6.45) is 8.02. The molecule has 0 radical (unpaired) electrons. The van der Waals surface area contributed by atoms with E-state index in [9.17, 15) is 9.59 Å². The summed E-state index contributed by atoms with van der Waals surface area (Å²) in [4.78, 5) is 26.1. The van der Waals surface area contributed by atoms with E-state index in [1.807, 2.05) is 21.8 Å². The third-order valence-corrected chi connectivity index (χ3v) is 6.10. The van der Waals surface area contributed by atoms with Crippen LogP contribution in [-0.4, -0.2) is 57.3 Å². The molecule has 1 spiro atoms. The topological polar surface area (TPSA) is 87.5 Å². The maximum Gasteiger partial charge on any atom is 0.320 e. The Morgan fingerprint density at radius 2 is 2.00 bits per heavy atom. The number of aromatic nitrogens is 2. The molecule has 0 bridgehead atoms. The number of nitrogens with zero attached hydrogens (tertiary/aromatic N) is 3. The van der Waals surface area contributed by atoms with Crippen LogP contribution in [0.4, 0.5) is 0 Å². The molecule has 1 aromatic rings. The first kappa shape index (κ1) is 15.6. The summed E-state index contributed by atoms with van der Waals surface area (Å²) in [6.45, 7) is 2.91. The lowest BCUT2D eigenvalue weighted by Gasteiger charge is -2.40. The zero-order chi connectivity index (χ0) is 16.8. The lowest BCUT2D eigenvalue weighted by Crippen LogP contribution is -2.47. The Bertz CT molecular complexity index is 630. The van der Waals surface area contributed by atoms with Gasteiger partial charge in [-0.1, -0.05) is 0 Å². The first-order chi connectivity index (χ1) is 11.5. The lowest BCUT2D eigenvalue weighted by atomic mass is 9.76. The molecule has 3 fully saturated rings. The van der Waals surface area contributed by atoms with Crippen molar-refractivity contribution in [1.82, 2.24) is 20.0 Å². The Labute approximate surface area is 141 Å². The zero-order valence-corrected chi connectivity index (χ0v) is 13.8. The molecule has 7 heteroatoms. The monoisotopic (exact) mass is 332 g/mol. The Kier molecular flexibility index (Phi) is 3.63. The van der Waals surface area contributed by atoms with Gasteiger partial charge in [-0.05, 0) is 43.6 Å². The average Bonchev–Trinajstić information content (AvgIpc) is 2.97. The zero-order valence-electron chi connectivity index (χ0n) is 13.8. The highest BCUT2D eigenvalue weighted by Gasteiger charge is 2.53. The summed E-state index contributed by atoms with van der Waals surface area (Å²) >= 11 is 0. The van der Waals surface area contributed by atoms with Crippen molar-refractivity contribution in [2.24, 2.45) is 10.8 Å². The number of rotatable bonds is 4. The van der Waals surface area contributed by atoms with Gasteiger partial charge in [0.1, 0.15) is 6.04 Å². The van der Waals surface area contributed by atoms with Gasteiger partial charge in [-0.2, -0.15) is 5.10 Å². The van der Waals surface area contributed by atoms with Crippen LogP contribution in [0.3, 0.4) is 0 Å². The van der Waals surface area contributed by atoms with E-state index in [0.717, 1.165) is 45.3 Å². The number of carbonyl (C=O) groups is 2. The van der Waals surface area contributed by atoms with E-state index in [-0.39, 0.29) is 16.7 Å². The molecule has 3 heterocycles. The van der Waals surface area contributed by atoms with Gasteiger partial charge in [-0.15, -0.1) is 0 Å². The smallest absolute Gasteiger partial charge is 0.320 e. The predicted molar refractivity (Wildman–Crippen MR) is 86.2 cm³/mol. The van der Waals surface area contributed by atoms with Crippen molar-refractivity contribution in [3.63, 3.8) is 0 Å². The molecule has 1 atom stereocenters. The van der Waals surface area contributed by atoms with Crippen LogP contribution in [0.5, 0.6) is 0 Å². The molecule has 1 aliphatic carbocycles. The number of hydrogen-bond donors (Lipinski definition) is 2. The van der Waals surface area contributed by atoms with Crippen LogP contribution in [0.2, 0.25) is 0 Å². The molecule has 0 unspecified atom stereocenters. The fraction of sp³-hybridized carbons (Fsp3) is 0.706. The van der Waals surface area contributed by atoms with Gasteiger partial charge in [0.2, 0.25) is 5.91 Å². The first-order valence-electron chi connectivity index (χ1n) is 8.75. The summed E-state index contributed by atoms with van der Waals surface area (Å²) in [5, 5.41) is 16.5. The fourth-order valence-corrected chi connectivity index (χ4v) is 4.29. The van der Waals surface area contributed by atoms with Gasteiger partial charge in [0.25, 0.3) is 0 Å². The molecule has 1 aromatic heterocycles. The van der Waals surface area contributed by atoms with E-state index in [2.05, 4.69) is 10.4 Å². The van der Waals surface area contributed by atoms with E-state index < -0.39 is 12.0 Å². The minimum absolute atomic E-state index is 0.0541. The van der Waals surface area contributed by atoms with E-state index >= 15 is 0 Å². The quantitative estimate of drug-likeness (QED) is 0.848. The van der Waals surface area contributed by atoms with E-state index in [4.69, 9.17) is 5.11 Å². The normalized spacial score (nSPS) is 27.3. The molecule has 2 saturated heterocycles. The van der Waals surface area contributed by atoms with Crippen molar-refractivity contribution < 1.29 is 14.7 Å². The van der Waals surface area contributed by atoms with Crippen molar-refractivity contribution >= 4 is 11.9 Å². The Morgan fingerprint density at radius 3 is 2.54 bits per heavy atom. The number of carboxylic acid groups (broad SMARTS) is 1. The molecule has 1 saturated carbocycles. The van der Waals surface area contributed by atoms with Gasteiger partial charge in [0, 0.05) is 32.0 Å². The second-order valence-corrected chi connectivity index (χ2v) is 7.75. The summed E-state index contributed by atoms with van der Waals surface area (Å²) in [6, 6.07) is 1.46. The van der Waals surface area contributed by atoms with Gasteiger partial charge in [0.05, 0.1) is 12.0 Å². The largest absolute Gasteiger partial charge is 0.480 e. The maximum atomic E-state index is 13.0. The molecule has 2 N–H and O–H groups in total. The van der Waals surface area contributed by atoms with E-state index in [1.165, 1.54) is 0 Å². The summed E-state index contributed by atoms with van der Waals surface area (Å²) in [5.74, 6) is -0.505. The number of nitrogens with one attached hydrogen (secondary N) is 1. The summed E-state index contributed by atoms with van der Waals surface area (Å²) in [5.41, 5.74) is -0.202. The number of likely N-dealkylation sites (tertiary alicyclic amines) is 1. The molecule has 7 nitrogen and oxygen atoms in total. The molecule has 3 aliphatic rings. The number of amides is 1. The van der Waals surface area contributed by atoms with Crippen LogP contribution in [0.1, 0.15) is 32.1 Å². The van der Waals surface area contributed by atoms with Gasteiger partial charge in [-0.3, -0.25) is 14.3 Å². The molecule has 4 rings (SSSR count). The molecular weight excluding hydrogens is 308 g/mol. The molecule has 1 amide bonds. The second-order valence-electron chi connectivity index (χ2n) is 7.75. The molecule has 130 valence electrons. The van der Waals surface area contributed by atoms with E-state index in [0.29, 0.717) is 13.0 Å². The number of piperidine rings is 1. The maximum absolute atomic E-state index is 13.0. The van der Waals surface area contributed by atoms with Crippen molar-refractivity contribution in [2.75, 3.05) is 19.6 Å². The lowest BCUT2D eigenvalue weighted by molar-refractivity contribution is -0.141. The minimum atomic E-state index is -0.762. The van der Waals surface area contributed by atoms with Crippen LogP contribution < -0.4 is 5.32 Å². The van der Waals surface area contributed by atoms with Gasteiger partial charge in [-0.25, -0.2) is 0 Å². The van der Waals surface area contributed by atoms with Crippen LogP contribution in [0.25, 0.3) is 0 Å². The number of carbonyl (C=O) groups excluding carboxylic acids is 1.